The van der Waals surface area contributed by atoms with Gasteiger partial charge in [0.05, 0.1) is 11.4 Å². The predicted molar refractivity (Wildman–Crippen MR) is 47.5 cm³/mol. The Labute approximate surface area is 97.5 Å². The quantitative estimate of drug-likeness (QED) is 0.841. The zero-order valence-corrected chi connectivity index (χ0v) is 8.97. The first-order valence-corrected chi connectivity index (χ1v) is 4.61. The second-order valence-electron chi connectivity index (χ2n) is 3.68. The summed E-state index contributed by atoms with van der Waals surface area (Å²) >= 11 is 0. The molecule has 9 heteroatoms. The number of aromatic nitrogens is 2. The Morgan fingerprint density at radius 2 is 1.56 bits per heavy atom. The Morgan fingerprint density at radius 1 is 1.06 bits per heavy atom. The highest BCUT2D eigenvalue weighted by atomic mass is 19.4. The van der Waals surface area contributed by atoms with E-state index in [9.17, 15) is 26.3 Å². The molecule has 0 saturated carbocycles. The van der Waals surface area contributed by atoms with E-state index in [4.69, 9.17) is 5.11 Å². The van der Waals surface area contributed by atoms with Crippen LogP contribution in [0.25, 0.3) is 0 Å². The minimum absolute atomic E-state index is 0.152. The smallest absolute Gasteiger partial charge is 0.373 e. The van der Waals surface area contributed by atoms with Crippen molar-refractivity contribution in [1.82, 2.24) is 9.97 Å². The van der Waals surface area contributed by atoms with Crippen LogP contribution in [0.5, 0.6) is 0 Å². The summed E-state index contributed by atoms with van der Waals surface area (Å²) in [5, 5.41) is 8.91. The summed E-state index contributed by atoms with van der Waals surface area (Å²) in [6.45, 7) is 1.36. The van der Waals surface area contributed by atoms with Crippen LogP contribution in [0.15, 0.2) is 12.4 Å². The summed E-state index contributed by atoms with van der Waals surface area (Å²) in [7, 11) is 0. The van der Waals surface area contributed by atoms with Crippen LogP contribution in [0, 0.1) is 6.92 Å². The summed E-state index contributed by atoms with van der Waals surface area (Å²) < 4.78 is 74.2. The molecule has 0 aliphatic heterocycles. The molecule has 0 amide bonds. The molecule has 0 bridgehead atoms. The van der Waals surface area contributed by atoms with E-state index in [1.165, 1.54) is 13.1 Å². The van der Waals surface area contributed by atoms with Gasteiger partial charge in [0, 0.05) is 18.8 Å². The predicted octanol–water partition coefficient (Wildman–Crippen LogP) is 2.18. The van der Waals surface area contributed by atoms with Gasteiger partial charge in [0.2, 0.25) is 0 Å². The van der Waals surface area contributed by atoms with Gasteiger partial charge in [-0.1, -0.05) is 0 Å². The van der Waals surface area contributed by atoms with Gasteiger partial charge in [0.15, 0.2) is 0 Å². The first-order valence-electron chi connectivity index (χ1n) is 4.61. The molecule has 1 aromatic rings. The molecule has 1 N–H and O–H groups in total. The Balaban J connectivity index is 3.16. The molecule has 1 heterocycles. The number of hydrogen-bond donors (Lipinski definition) is 1. The number of hydrogen-bond acceptors (Lipinski definition) is 3. The van der Waals surface area contributed by atoms with Crippen molar-refractivity contribution in [2.45, 2.75) is 31.3 Å². The average Bonchev–Trinajstić information content (AvgIpc) is 2.13. The van der Waals surface area contributed by atoms with Gasteiger partial charge in [-0.25, -0.2) is 0 Å². The van der Waals surface area contributed by atoms with Gasteiger partial charge < -0.3 is 5.11 Å². The molecular weight excluding hydrogens is 266 g/mol. The van der Waals surface area contributed by atoms with E-state index in [0.717, 1.165) is 6.20 Å². The minimum Gasteiger partial charge on any atom is -0.373 e. The molecule has 0 aromatic carbocycles. The zero-order valence-electron chi connectivity index (χ0n) is 8.97. The van der Waals surface area contributed by atoms with Crippen molar-refractivity contribution in [3.8, 4) is 0 Å². The molecule has 0 unspecified atom stereocenters. The van der Waals surface area contributed by atoms with E-state index < -0.39 is 30.1 Å². The third-order valence-electron chi connectivity index (χ3n) is 2.18. The topological polar surface area (TPSA) is 46.0 Å². The SMILES string of the molecule is Cc1cncc(CC(O)(C(F)(F)F)C(F)(F)F)n1. The fourth-order valence-electron chi connectivity index (χ4n) is 1.22. The lowest BCUT2D eigenvalue weighted by atomic mass is 9.96. The maximum absolute atomic E-state index is 12.4. The molecule has 0 atom stereocenters. The molecule has 0 aliphatic carbocycles. The highest BCUT2D eigenvalue weighted by Crippen LogP contribution is 2.44. The lowest BCUT2D eigenvalue weighted by Crippen LogP contribution is -2.58. The number of rotatable bonds is 2. The van der Waals surface area contributed by atoms with Crippen molar-refractivity contribution in [2.75, 3.05) is 0 Å². The van der Waals surface area contributed by atoms with E-state index in [0.29, 0.717) is 0 Å². The van der Waals surface area contributed by atoms with E-state index in [1.807, 2.05) is 0 Å². The van der Waals surface area contributed by atoms with Crippen molar-refractivity contribution in [2.24, 2.45) is 0 Å². The first kappa shape index (κ1) is 14.7. The zero-order chi connectivity index (χ0) is 14.2. The van der Waals surface area contributed by atoms with E-state index in [2.05, 4.69) is 9.97 Å². The molecule has 0 aliphatic rings. The van der Waals surface area contributed by atoms with Gasteiger partial charge in [-0.05, 0) is 6.92 Å². The van der Waals surface area contributed by atoms with Crippen molar-refractivity contribution in [3.63, 3.8) is 0 Å². The van der Waals surface area contributed by atoms with Crippen LogP contribution in [0.1, 0.15) is 11.4 Å². The number of nitrogens with zero attached hydrogens (tertiary/aromatic N) is 2. The molecule has 0 spiro atoms. The standard InChI is InChI=1S/C9H8F6N2O/c1-5-3-16-4-6(17-5)2-7(18,8(10,11)12)9(13,14)15/h3-4,18H,2H2,1H3. The first-order chi connectivity index (χ1) is 7.97. The van der Waals surface area contributed by atoms with E-state index in [1.54, 1.807) is 0 Å². The molecule has 18 heavy (non-hydrogen) atoms. The third-order valence-corrected chi connectivity index (χ3v) is 2.18. The number of aryl methyl sites for hydroxylation is 1. The molecule has 102 valence electrons. The molecule has 0 radical (unpaired) electrons. The molecule has 0 saturated heterocycles. The number of alkyl halides is 6. The van der Waals surface area contributed by atoms with Crippen molar-refractivity contribution < 1.29 is 31.4 Å². The maximum atomic E-state index is 12.4. The van der Waals surface area contributed by atoms with Gasteiger partial charge in [-0.15, -0.1) is 0 Å². The summed E-state index contributed by atoms with van der Waals surface area (Å²) in [6, 6.07) is 0. The van der Waals surface area contributed by atoms with Crippen LogP contribution in [-0.2, 0) is 6.42 Å². The lowest BCUT2D eigenvalue weighted by molar-refractivity contribution is -0.367. The van der Waals surface area contributed by atoms with Gasteiger partial charge >= 0.3 is 12.4 Å². The maximum Gasteiger partial charge on any atom is 0.426 e. The fourth-order valence-corrected chi connectivity index (χ4v) is 1.22. The van der Waals surface area contributed by atoms with E-state index in [-0.39, 0.29) is 5.69 Å². The Kier molecular flexibility index (Phi) is 3.57. The highest BCUT2D eigenvalue weighted by Gasteiger charge is 2.70. The Bertz CT molecular complexity index is 414. The lowest BCUT2D eigenvalue weighted by Gasteiger charge is -2.31. The molecule has 3 nitrogen and oxygen atoms in total. The summed E-state index contributed by atoms with van der Waals surface area (Å²) in [5.74, 6) is 0. The van der Waals surface area contributed by atoms with Crippen LogP contribution in [0.3, 0.4) is 0 Å². The Hall–Kier alpha value is -1.38. The third kappa shape index (κ3) is 2.71. The average molecular weight is 274 g/mol. The van der Waals surface area contributed by atoms with Crippen LogP contribution in [0.2, 0.25) is 0 Å². The Morgan fingerprint density at radius 3 is 1.94 bits per heavy atom. The van der Waals surface area contributed by atoms with Crippen LogP contribution >= 0.6 is 0 Å². The van der Waals surface area contributed by atoms with Crippen LogP contribution < -0.4 is 0 Å². The van der Waals surface area contributed by atoms with Crippen LogP contribution in [-0.4, -0.2) is 33.0 Å². The normalized spacial score (nSPS) is 13.8. The number of aliphatic hydroxyl groups is 1. The second-order valence-corrected chi connectivity index (χ2v) is 3.68. The highest BCUT2D eigenvalue weighted by molar-refractivity contribution is 5.09. The van der Waals surface area contributed by atoms with Gasteiger partial charge in [-0.2, -0.15) is 26.3 Å². The molecular formula is C9H8F6N2O. The van der Waals surface area contributed by atoms with E-state index >= 15 is 0 Å². The fraction of sp³-hybridized carbons (Fsp3) is 0.556. The van der Waals surface area contributed by atoms with Crippen molar-refractivity contribution in [1.29, 1.82) is 0 Å². The van der Waals surface area contributed by atoms with Crippen LogP contribution in [0.4, 0.5) is 26.3 Å². The molecule has 1 aromatic heterocycles. The van der Waals surface area contributed by atoms with Gasteiger partial charge in [-0.3, -0.25) is 9.97 Å². The summed E-state index contributed by atoms with van der Waals surface area (Å²) in [6.07, 6.45) is -11.5. The number of halogens is 6. The van der Waals surface area contributed by atoms with Crippen molar-refractivity contribution >= 4 is 0 Å². The molecule has 0 fully saturated rings. The van der Waals surface area contributed by atoms with Crippen molar-refractivity contribution in [3.05, 3.63) is 23.8 Å². The summed E-state index contributed by atoms with van der Waals surface area (Å²) in [4.78, 5) is 6.89. The second kappa shape index (κ2) is 4.38. The minimum atomic E-state index is -5.85. The summed E-state index contributed by atoms with van der Waals surface area (Å²) in [5.41, 5.74) is -5.27. The van der Waals surface area contributed by atoms with Gasteiger partial charge in [0.25, 0.3) is 5.60 Å². The largest absolute Gasteiger partial charge is 0.426 e. The van der Waals surface area contributed by atoms with Gasteiger partial charge in [0.1, 0.15) is 0 Å². The molecule has 1 rings (SSSR count). The monoisotopic (exact) mass is 274 g/mol.